The number of rotatable bonds is 5. The maximum Gasteiger partial charge on any atom is 0.274 e. The number of hydrogen-bond acceptors (Lipinski definition) is 4. The van der Waals surface area contributed by atoms with E-state index in [1.807, 2.05) is 51.1 Å². The lowest BCUT2D eigenvalue weighted by Gasteiger charge is -2.44. The Balaban J connectivity index is 2.14. The van der Waals surface area contributed by atoms with Crippen LogP contribution in [0.2, 0.25) is 0 Å². The van der Waals surface area contributed by atoms with Gasteiger partial charge in [0.25, 0.3) is 5.91 Å². The molecular weight excluding hydrogens is 412 g/mol. The summed E-state index contributed by atoms with van der Waals surface area (Å²) in [6, 6.07) is 9.38. The average molecular weight is 435 g/mol. The van der Waals surface area contributed by atoms with E-state index >= 15 is 0 Å². The summed E-state index contributed by atoms with van der Waals surface area (Å²) in [5, 5.41) is 10.0. The van der Waals surface area contributed by atoms with E-state index < -0.39 is 5.54 Å². The number of carbonyl (C=O) groups is 1. The zero-order valence-corrected chi connectivity index (χ0v) is 17.2. The Morgan fingerprint density at radius 1 is 1.26 bits per heavy atom. The fourth-order valence-corrected chi connectivity index (χ4v) is 3.63. The van der Waals surface area contributed by atoms with Crippen LogP contribution in [0.25, 0.3) is 0 Å². The van der Waals surface area contributed by atoms with Gasteiger partial charge in [0.2, 0.25) is 5.43 Å². The number of aliphatic hydroxyl groups excluding tert-OH is 1. The second-order valence-electron chi connectivity index (χ2n) is 7.31. The van der Waals surface area contributed by atoms with E-state index in [9.17, 15) is 14.7 Å². The van der Waals surface area contributed by atoms with Gasteiger partial charge in [0, 0.05) is 18.8 Å². The van der Waals surface area contributed by atoms with E-state index in [4.69, 9.17) is 4.74 Å². The van der Waals surface area contributed by atoms with Crippen molar-refractivity contribution in [2.75, 3.05) is 13.2 Å². The average Bonchev–Trinajstić information content (AvgIpc) is 2.66. The van der Waals surface area contributed by atoms with Crippen LogP contribution in [-0.2, 0) is 12.1 Å². The molecule has 1 N–H and O–H groups in total. The number of carbonyl (C=O) groups excluding carboxylic acids is 1. The zero-order valence-electron chi connectivity index (χ0n) is 15.6. The van der Waals surface area contributed by atoms with Crippen LogP contribution in [0.5, 0.6) is 5.75 Å². The molecular formula is C20H23BrN2O4. The highest BCUT2D eigenvalue weighted by molar-refractivity contribution is 9.10. The van der Waals surface area contributed by atoms with Crippen molar-refractivity contribution in [1.29, 1.82) is 0 Å². The molecule has 2 heterocycles. The first-order valence-corrected chi connectivity index (χ1v) is 9.62. The van der Waals surface area contributed by atoms with Crippen LogP contribution >= 0.6 is 15.9 Å². The van der Waals surface area contributed by atoms with Crippen LogP contribution in [0.1, 0.15) is 36.8 Å². The number of benzene rings is 1. The molecule has 1 atom stereocenters. The zero-order chi connectivity index (χ0) is 19.8. The lowest BCUT2D eigenvalue weighted by molar-refractivity contribution is 0.0343. The Bertz CT molecular complexity index is 910. The van der Waals surface area contributed by atoms with Gasteiger partial charge in [0.1, 0.15) is 6.61 Å². The first-order valence-electron chi connectivity index (χ1n) is 8.82. The van der Waals surface area contributed by atoms with Gasteiger partial charge in [-0.2, -0.15) is 0 Å². The Hall–Kier alpha value is -2.12. The van der Waals surface area contributed by atoms with Crippen LogP contribution in [0.15, 0.2) is 45.8 Å². The summed E-state index contributed by atoms with van der Waals surface area (Å²) in [6.07, 6.45) is 1.57. The van der Waals surface area contributed by atoms with E-state index in [-0.39, 0.29) is 42.0 Å². The van der Waals surface area contributed by atoms with Crippen molar-refractivity contribution in [3.8, 4) is 5.75 Å². The highest BCUT2D eigenvalue weighted by Gasteiger charge is 2.42. The van der Waals surface area contributed by atoms with Gasteiger partial charge in [-0.1, -0.05) is 30.3 Å². The number of amides is 1. The molecule has 0 bridgehead atoms. The molecule has 7 heteroatoms. The van der Waals surface area contributed by atoms with Gasteiger partial charge in [-0.15, -0.1) is 0 Å². The van der Waals surface area contributed by atoms with E-state index in [2.05, 4.69) is 15.9 Å². The lowest BCUT2D eigenvalue weighted by Crippen LogP contribution is -2.57. The molecule has 1 aliphatic heterocycles. The summed E-state index contributed by atoms with van der Waals surface area (Å²) < 4.78 is 7.80. The fourth-order valence-electron chi connectivity index (χ4n) is 3.25. The number of pyridine rings is 1. The topological polar surface area (TPSA) is 71.8 Å². The molecule has 1 aromatic carbocycles. The minimum absolute atomic E-state index is 0.00301. The Labute approximate surface area is 166 Å². The Morgan fingerprint density at radius 3 is 2.52 bits per heavy atom. The quantitative estimate of drug-likeness (QED) is 0.784. The van der Waals surface area contributed by atoms with Crippen LogP contribution < -0.4 is 10.2 Å². The summed E-state index contributed by atoms with van der Waals surface area (Å²) in [4.78, 5) is 27.6. The molecule has 1 aromatic heterocycles. The van der Waals surface area contributed by atoms with Gasteiger partial charge >= 0.3 is 0 Å². The number of hydrogen-bond donors (Lipinski definition) is 1. The van der Waals surface area contributed by atoms with Crippen LogP contribution in [0.3, 0.4) is 0 Å². The molecule has 6 nitrogen and oxygen atoms in total. The van der Waals surface area contributed by atoms with Gasteiger partial charge in [-0.05, 0) is 42.3 Å². The van der Waals surface area contributed by atoms with Crippen molar-refractivity contribution in [3.05, 3.63) is 62.5 Å². The van der Waals surface area contributed by atoms with Crippen molar-refractivity contribution in [3.63, 3.8) is 0 Å². The third kappa shape index (κ3) is 3.53. The first kappa shape index (κ1) is 19.6. The van der Waals surface area contributed by atoms with Crippen molar-refractivity contribution >= 4 is 21.8 Å². The van der Waals surface area contributed by atoms with Gasteiger partial charge < -0.3 is 19.3 Å². The number of fused-ring (bicyclic) bond motifs is 1. The molecule has 0 radical (unpaired) electrons. The maximum atomic E-state index is 13.1. The standard InChI is InChI=1S/C20H23BrN2O4/c1-13(2)22-11-20(3,12-24)23-9-15(21)17(25)18(16(23)19(22)26)27-10-14-7-5-4-6-8-14/h4-9,13,24H,10-12H2,1-3H3. The number of aliphatic hydroxyl groups is 1. The highest BCUT2D eigenvalue weighted by atomic mass is 79.9. The van der Waals surface area contributed by atoms with E-state index in [0.717, 1.165) is 5.56 Å². The van der Waals surface area contributed by atoms with Crippen molar-refractivity contribution in [1.82, 2.24) is 9.47 Å². The summed E-state index contributed by atoms with van der Waals surface area (Å²) >= 11 is 3.28. The molecule has 0 saturated heterocycles. The molecule has 0 saturated carbocycles. The molecule has 1 aliphatic rings. The number of halogens is 1. The van der Waals surface area contributed by atoms with Crippen molar-refractivity contribution < 1.29 is 14.6 Å². The monoisotopic (exact) mass is 434 g/mol. The summed E-state index contributed by atoms with van der Waals surface area (Å²) in [6.45, 7) is 6.02. The second-order valence-corrected chi connectivity index (χ2v) is 8.16. The van der Waals surface area contributed by atoms with Crippen LogP contribution in [0.4, 0.5) is 0 Å². The van der Waals surface area contributed by atoms with Crippen LogP contribution in [0, 0.1) is 0 Å². The number of aromatic nitrogens is 1. The highest BCUT2D eigenvalue weighted by Crippen LogP contribution is 2.33. The molecule has 1 unspecified atom stereocenters. The molecule has 2 aromatic rings. The SMILES string of the molecule is CC(C)N1CC(C)(CO)n2cc(Br)c(=O)c(OCc3ccccc3)c2C1=O. The van der Waals surface area contributed by atoms with Gasteiger partial charge in [-0.3, -0.25) is 9.59 Å². The molecule has 0 spiro atoms. The summed E-state index contributed by atoms with van der Waals surface area (Å²) in [7, 11) is 0. The van der Waals surface area contributed by atoms with E-state index in [1.54, 1.807) is 15.7 Å². The number of nitrogens with zero attached hydrogens (tertiary/aromatic N) is 2. The smallest absolute Gasteiger partial charge is 0.274 e. The summed E-state index contributed by atoms with van der Waals surface area (Å²) in [5.74, 6) is -0.271. The minimum Gasteiger partial charge on any atom is -0.483 e. The Morgan fingerprint density at radius 2 is 1.93 bits per heavy atom. The molecule has 0 aliphatic carbocycles. The van der Waals surface area contributed by atoms with Crippen LogP contribution in [-0.4, -0.2) is 39.7 Å². The van der Waals surface area contributed by atoms with Crippen molar-refractivity contribution in [2.45, 2.75) is 39.0 Å². The normalized spacial score (nSPS) is 19.3. The summed E-state index contributed by atoms with van der Waals surface area (Å²) in [5.41, 5.74) is -0.0641. The largest absolute Gasteiger partial charge is 0.483 e. The predicted molar refractivity (Wildman–Crippen MR) is 106 cm³/mol. The third-order valence-electron chi connectivity index (χ3n) is 4.87. The molecule has 144 valence electrons. The van der Waals surface area contributed by atoms with E-state index in [0.29, 0.717) is 11.0 Å². The van der Waals surface area contributed by atoms with Gasteiger partial charge in [-0.25, -0.2) is 0 Å². The molecule has 1 amide bonds. The predicted octanol–water partition coefficient (Wildman–Crippen LogP) is 2.76. The number of ether oxygens (including phenoxy) is 1. The van der Waals surface area contributed by atoms with Gasteiger partial charge in [0.15, 0.2) is 11.4 Å². The van der Waals surface area contributed by atoms with Crippen molar-refractivity contribution in [2.24, 2.45) is 0 Å². The Kier molecular flexibility index (Phi) is 5.44. The first-order chi connectivity index (χ1) is 12.8. The fraction of sp³-hybridized carbons (Fsp3) is 0.400. The molecule has 27 heavy (non-hydrogen) atoms. The molecule has 0 fully saturated rings. The minimum atomic E-state index is -0.755. The lowest BCUT2D eigenvalue weighted by atomic mass is 9.96. The van der Waals surface area contributed by atoms with E-state index in [1.165, 1.54) is 0 Å². The second kappa shape index (κ2) is 7.48. The van der Waals surface area contributed by atoms with Gasteiger partial charge in [0.05, 0.1) is 16.6 Å². The molecule has 3 rings (SSSR count). The maximum absolute atomic E-state index is 13.1. The third-order valence-corrected chi connectivity index (χ3v) is 5.43.